The third-order valence-corrected chi connectivity index (χ3v) is 14.1. The molecule has 64 heavy (non-hydrogen) atoms. The molecule has 0 unspecified atom stereocenters. The highest BCUT2D eigenvalue weighted by atomic mass is 32.1. The van der Waals surface area contributed by atoms with Gasteiger partial charge in [0.25, 0.3) is 0 Å². The fourth-order valence-electron chi connectivity index (χ4n) is 10.1. The molecule has 0 bridgehead atoms. The standard InChI is InChI=1S/C58H34N4OS/c1-3-15-49-43(13-1)45-31-37(19-23-51(45)61(49)41-11-5-9-35(29-41)39-21-25-53-47(33-39)57-54(63-53)17-7-27-59-57)38-20-24-52-46(32-38)44-14-2-4-16-50(44)62(52)42-12-6-10-36(30-42)40-22-26-55-48(34-40)58-56(64-55)18-8-28-60-58/h1-34H. The van der Waals surface area contributed by atoms with Crippen LogP contribution in [0.1, 0.15) is 0 Å². The number of fused-ring (bicyclic) bond motifs is 12. The number of aromatic nitrogens is 4. The largest absolute Gasteiger partial charge is 0.454 e. The van der Waals surface area contributed by atoms with Crippen LogP contribution >= 0.6 is 11.3 Å². The Morgan fingerprint density at radius 3 is 1.50 bits per heavy atom. The zero-order valence-corrected chi connectivity index (χ0v) is 35.1. The first-order chi connectivity index (χ1) is 31.7. The van der Waals surface area contributed by atoms with E-state index in [1.165, 1.54) is 80.7 Å². The summed E-state index contributed by atoms with van der Waals surface area (Å²) in [6.45, 7) is 0. The molecule has 0 amide bonds. The summed E-state index contributed by atoms with van der Waals surface area (Å²) in [4.78, 5) is 9.35. The molecule has 0 radical (unpaired) electrons. The summed E-state index contributed by atoms with van der Waals surface area (Å²) in [5, 5.41) is 7.14. The van der Waals surface area contributed by atoms with Gasteiger partial charge in [0.05, 0.1) is 32.3 Å². The monoisotopic (exact) mass is 834 g/mol. The van der Waals surface area contributed by atoms with Crippen molar-refractivity contribution in [3.63, 3.8) is 0 Å². The van der Waals surface area contributed by atoms with Crippen molar-refractivity contribution in [2.45, 2.75) is 0 Å². The molecule has 5 nitrogen and oxygen atoms in total. The van der Waals surface area contributed by atoms with E-state index in [2.05, 4.69) is 190 Å². The predicted octanol–water partition coefficient (Wildman–Crippen LogP) is 15.9. The van der Waals surface area contributed by atoms with Gasteiger partial charge in [-0.15, -0.1) is 11.3 Å². The third kappa shape index (κ3) is 5.30. The topological polar surface area (TPSA) is 48.8 Å². The van der Waals surface area contributed by atoms with Crippen LogP contribution in [0.5, 0.6) is 0 Å². The van der Waals surface area contributed by atoms with Gasteiger partial charge < -0.3 is 13.6 Å². The summed E-state index contributed by atoms with van der Waals surface area (Å²) in [5.74, 6) is 0. The van der Waals surface area contributed by atoms with Crippen LogP contribution in [0.15, 0.2) is 211 Å². The molecular formula is C58H34N4OS. The number of para-hydroxylation sites is 2. The van der Waals surface area contributed by atoms with Crippen molar-refractivity contribution in [1.29, 1.82) is 0 Å². The van der Waals surface area contributed by atoms with E-state index >= 15 is 0 Å². The fourth-order valence-corrected chi connectivity index (χ4v) is 11.1. The summed E-state index contributed by atoms with van der Waals surface area (Å²) >= 11 is 1.80. The van der Waals surface area contributed by atoms with Crippen LogP contribution in [0.25, 0.3) is 131 Å². The van der Waals surface area contributed by atoms with Crippen molar-refractivity contribution >= 4 is 97.3 Å². The SMILES string of the molecule is c1cc(-c2ccc3oc4cccnc4c3c2)cc(-n2c3ccccc3c3cc(-c4ccc5c(c4)c4ccccc4n5-c4cccc(-c5ccc6sc7cccnc7c6c5)c4)ccc32)c1. The molecule has 14 rings (SSSR count). The van der Waals surface area contributed by atoms with Crippen LogP contribution < -0.4 is 0 Å². The minimum Gasteiger partial charge on any atom is -0.454 e. The Hall–Kier alpha value is -8.32. The normalized spacial score (nSPS) is 12.1. The molecule has 0 atom stereocenters. The molecule has 0 aliphatic rings. The van der Waals surface area contributed by atoms with Crippen LogP contribution in [-0.2, 0) is 0 Å². The van der Waals surface area contributed by atoms with Gasteiger partial charge in [-0.3, -0.25) is 9.97 Å². The van der Waals surface area contributed by atoms with Gasteiger partial charge in [0.2, 0.25) is 0 Å². The van der Waals surface area contributed by atoms with Crippen molar-refractivity contribution in [2.75, 3.05) is 0 Å². The maximum Gasteiger partial charge on any atom is 0.153 e. The number of pyridine rings is 2. The molecule has 298 valence electrons. The molecule has 6 heteroatoms. The van der Waals surface area contributed by atoms with Crippen LogP contribution in [0.4, 0.5) is 0 Å². The average molecular weight is 835 g/mol. The minimum atomic E-state index is 0.803. The molecule has 0 N–H and O–H groups in total. The molecule has 0 spiro atoms. The number of benzene rings is 8. The molecule has 0 fully saturated rings. The van der Waals surface area contributed by atoms with E-state index in [9.17, 15) is 0 Å². The first-order valence-electron chi connectivity index (χ1n) is 21.5. The van der Waals surface area contributed by atoms with Crippen molar-refractivity contribution in [2.24, 2.45) is 0 Å². The Morgan fingerprint density at radius 1 is 0.328 bits per heavy atom. The van der Waals surface area contributed by atoms with Crippen LogP contribution in [0, 0.1) is 0 Å². The summed E-state index contributed by atoms with van der Waals surface area (Å²) in [5.41, 5.74) is 17.6. The van der Waals surface area contributed by atoms with E-state index in [1.807, 2.05) is 30.6 Å². The molecule has 0 saturated heterocycles. The second-order valence-electron chi connectivity index (χ2n) is 16.6. The van der Waals surface area contributed by atoms with Gasteiger partial charge in [-0.05, 0) is 143 Å². The smallest absolute Gasteiger partial charge is 0.153 e. The highest BCUT2D eigenvalue weighted by Gasteiger charge is 2.18. The van der Waals surface area contributed by atoms with Gasteiger partial charge in [-0.1, -0.05) is 84.9 Å². The van der Waals surface area contributed by atoms with Gasteiger partial charge in [-0.2, -0.15) is 0 Å². The number of hydrogen-bond acceptors (Lipinski definition) is 4. The fraction of sp³-hybridized carbons (Fsp3) is 0. The zero-order chi connectivity index (χ0) is 41.9. The van der Waals surface area contributed by atoms with Crippen LogP contribution in [0.2, 0.25) is 0 Å². The van der Waals surface area contributed by atoms with Crippen LogP contribution in [0.3, 0.4) is 0 Å². The molecular weight excluding hydrogens is 801 g/mol. The predicted molar refractivity (Wildman–Crippen MR) is 267 cm³/mol. The maximum absolute atomic E-state index is 6.09. The lowest BCUT2D eigenvalue weighted by molar-refractivity contribution is 0.668. The van der Waals surface area contributed by atoms with E-state index in [1.54, 1.807) is 11.3 Å². The van der Waals surface area contributed by atoms with Gasteiger partial charge in [0.15, 0.2) is 5.58 Å². The number of rotatable bonds is 5. The zero-order valence-electron chi connectivity index (χ0n) is 34.2. The Bertz CT molecular complexity index is 3950. The lowest BCUT2D eigenvalue weighted by Crippen LogP contribution is -1.94. The average Bonchev–Trinajstić information content (AvgIpc) is 4.11. The molecule has 6 aromatic heterocycles. The Morgan fingerprint density at radius 2 is 0.844 bits per heavy atom. The Labute approximate surface area is 370 Å². The van der Waals surface area contributed by atoms with Crippen LogP contribution in [-0.4, -0.2) is 19.1 Å². The first kappa shape index (κ1) is 35.3. The molecule has 0 aliphatic heterocycles. The number of thiophene rings is 1. The highest BCUT2D eigenvalue weighted by molar-refractivity contribution is 7.25. The van der Waals surface area contributed by atoms with Gasteiger partial charge in [-0.25, -0.2) is 0 Å². The Kier molecular flexibility index (Phi) is 7.49. The van der Waals surface area contributed by atoms with E-state index < -0.39 is 0 Å². The molecule has 14 aromatic rings. The van der Waals surface area contributed by atoms with E-state index in [-0.39, 0.29) is 0 Å². The van der Waals surface area contributed by atoms with Gasteiger partial charge >= 0.3 is 0 Å². The molecule has 0 saturated carbocycles. The number of hydrogen-bond donors (Lipinski definition) is 0. The molecule has 6 heterocycles. The highest BCUT2D eigenvalue weighted by Crippen LogP contribution is 2.41. The third-order valence-electron chi connectivity index (χ3n) is 13.0. The van der Waals surface area contributed by atoms with Crippen molar-refractivity contribution in [1.82, 2.24) is 19.1 Å². The quantitative estimate of drug-likeness (QED) is 0.174. The van der Waals surface area contributed by atoms with E-state index in [0.29, 0.717) is 0 Å². The summed E-state index contributed by atoms with van der Waals surface area (Å²) in [7, 11) is 0. The number of nitrogens with zero attached hydrogens (tertiary/aromatic N) is 4. The Balaban J connectivity index is 0.867. The lowest BCUT2D eigenvalue weighted by atomic mass is 10.0. The van der Waals surface area contributed by atoms with E-state index in [4.69, 9.17) is 9.40 Å². The van der Waals surface area contributed by atoms with Gasteiger partial charge in [0, 0.05) is 60.8 Å². The van der Waals surface area contributed by atoms with E-state index in [0.717, 1.165) is 50.1 Å². The summed E-state index contributed by atoms with van der Waals surface area (Å²) < 4.78 is 13.4. The van der Waals surface area contributed by atoms with Gasteiger partial charge in [0.1, 0.15) is 11.1 Å². The van der Waals surface area contributed by atoms with Crippen molar-refractivity contribution in [3.8, 4) is 44.8 Å². The lowest BCUT2D eigenvalue weighted by Gasteiger charge is -2.11. The van der Waals surface area contributed by atoms with Crippen molar-refractivity contribution in [3.05, 3.63) is 207 Å². The van der Waals surface area contributed by atoms with Crippen molar-refractivity contribution < 1.29 is 4.42 Å². The summed E-state index contributed by atoms with van der Waals surface area (Å²) in [6, 6.07) is 70.4. The molecule has 8 aromatic carbocycles. The minimum absolute atomic E-state index is 0.803. The first-order valence-corrected chi connectivity index (χ1v) is 22.3. The number of furan rings is 1. The maximum atomic E-state index is 6.09. The summed E-state index contributed by atoms with van der Waals surface area (Å²) in [6.07, 6.45) is 3.71. The second kappa shape index (κ2) is 13.6. The molecule has 0 aliphatic carbocycles. The second-order valence-corrected chi connectivity index (χ2v) is 17.7.